The predicted molar refractivity (Wildman–Crippen MR) is 144 cm³/mol. The molecule has 0 radical (unpaired) electrons. The van der Waals surface area contributed by atoms with Crippen LogP contribution in [0.2, 0.25) is 0 Å². The summed E-state index contributed by atoms with van der Waals surface area (Å²) < 4.78 is 5.52. The molecule has 6 aromatic rings. The van der Waals surface area contributed by atoms with Gasteiger partial charge in [-0.05, 0) is 31.9 Å². The first kappa shape index (κ1) is 22.8. The Hall–Kier alpha value is -4.68. The Bertz CT molecular complexity index is 1830. The SMILES string of the molecule is Cc1nn2ccccc2c1C(=O)N[C@@H](C)c1nc2sc(C#Cc3cnn(C)c3)cn2c1-c1ccccc1. The minimum absolute atomic E-state index is 0.176. The molecule has 1 atom stereocenters. The molecule has 0 aliphatic heterocycles. The standard InChI is InChI=1S/C28H23N7OS/c1-18-24(23-11-7-8-14-35(23)32-18)27(36)30-19(2)25-26(21-9-5-4-6-10-21)34-17-22(37-28(34)31-25)13-12-20-15-29-33(3)16-20/h4-11,14-17,19H,1-3H3,(H,30,36)/t19-/m0/s1. The molecule has 0 bridgehead atoms. The number of rotatable bonds is 4. The Kier molecular flexibility index (Phi) is 5.58. The van der Waals surface area contributed by atoms with Crippen LogP contribution in [0, 0.1) is 18.8 Å². The van der Waals surface area contributed by atoms with Crippen LogP contribution < -0.4 is 5.32 Å². The quantitative estimate of drug-likeness (QED) is 0.354. The Morgan fingerprint density at radius 3 is 2.68 bits per heavy atom. The first-order chi connectivity index (χ1) is 18.0. The first-order valence-electron chi connectivity index (χ1n) is 11.8. The van der Waals surface area contributed by atoms with Gasteiger partial charge in [-0.25, -0.2) is 9.50 Å². The second-order valence-corrected chi connectivity index (χ2v) is 9.81. The van der Waals surface area contributed by atoms with E-state index in [4.69, 9.17) is 4.98 Å². The van der Waals surface area contributed by atoms with Crippen molar-refractivity contribution < 1.29 is 4.79 Å². The molecule has 182 valence electrons. The molecule has 1 N–H and O–H groups in total. The summed E-state index contributed by atoms with van der Waals surface area (Å²) in [6.07, 6.45) is 7.48. The van der Waals surface area contributed by atoms with Crippen molar-refractivity contribution in [1.29, 1.82) is 0 Å². The molecule has 8 nitrogen and oxygen atoms in total. The van der Waals surface area contributed by atoms with Crippen LogP contribution in [-0.4, -0.2) is 34.7 Å². The highest BCUT2D eigenvalue weighted by atomic mass is 32.1. The number of hydrogen-bond donors (Lipinski definition) is 1. The number of carbonyl (C=O) groups excluding carboxylic acids is 1. The molecule has 0 unspecified atom stereocenters. The number of nitrogens with one attached hydrogen (secondary N) is 1. The molecule has 0 aliphatic carbocycles. The van der Waals surface area contributed by atoms with Crippen LogP contribution >= 0.6 is 11.3 Å². The molecule has 9 heteroatoms. The molecule has 37 heavy (non-hydrogen) atoms. The lowest BCUT2D eigenvalue weighted by molar-refractivity contribution is 0.0940. The molecule has 0 aliphatic rings. The Balaban J connectivity index is 1.38. The van der Waals surface area contributed by atoms with Crippen molar-refractivity contribution in [1.82, 2.24) is 34.1 Å². The summed E-state index contributed by atoms with van der Waals surface area (Å²) in [5.74, 6) is 6.21. The van der Waals surface area contributed by atoms with Gasteiger partial charge in [0.25, 0.3) is 5.91 Å². The van der Waals surface area contributed by atoms with Crippen molar-refractivity contribution in [3.8, 4) is 23.1 Å². The molecule has 0 saturated carbocycles. The second kappa shape index (κ2) is 9.08. The lowest BCUT2D eigenvalue weighted by Gasteiger charge is -2.14. The van der Waals surface area contributed by atoms with E-state index in [1.165, 1.54) is 11.3 Å². The molecule has 5 heterocycles. The summed E-state index contributed by atoms with van der Waals surface area (Å²) in [6.45, 7) is 3.81. The summed E-state index contributed by atoms with van der Waals surface area (Å²) >= 11 is 1.52. The van der Waals surface area contributed by atoms with Crippen LogP contribution in [0.15, 0.2) is 73.3 Å². The number of nitrogens with zero attached hydrogens (tertiary/aromatic N) is 6. The number of carbonyl (C=O) groups is 1. The largest absolute Gasteiger partial charge is 0.344 e. The molecule has 1 amide bonds. The van der Waals surface area contributed by atoms with E-state index in [1.807, 2.05) is 75.9 Å². The second-order valence-electron chi connectivity index (χ2n) is 8.80. The Morgan fingerprint density at radius 2 is 1.89 bits per heavy atom. The zero-order valence-electron chi connectivity index (χ0n) is 20.5. The Morgan fingerprint density at radius 1 is 1.08 bits per heavy atom. The summed E-state index contributed by atoms with van der Waals surface area (Å²) in [7, 11) is 1.87. The van der Waals surface area contributed by atoms with Crippen molar-refractivity contribution in [3.05, 3.63) is 101 Å². The maximum atomic E-state index is 13.4. The lowest BCUT2D eigenvalue weighted by atomic mass is 10.1. The van der Waals surface area contributed by atoms with Crippen molar-refractivity contribution in [2.75, 3.05) is 0 Å². The van der Waals surface area contributed by atoms with E-state index in [0.717, 1.165) is 37.9 Å². The van der Waals surface area contributed by atoms with Crippen LogP contribution in [0.4, 0.5) is 0 Å². The maximum Gasteiger partial charge on any atom is 0.255 e. The normalized spacial score (nSPS) is 12.0. The molecular weight excluding hydrogens is 482 g/mol. The van der Waals surface area contributed by atoms with Gasteiger partial charge in [-0.1, -0.05) is 53.7 Å². The van der Waals surface area contributed by atoms with Gasteiger partial charge >= 0.3 is 0 Å². The van der Waals surface area contributed by atoms with Gasteiger partial charge in [0.15, 0.2) is 4.96 Å². The van der Waals surface area contributed by atoms with E-state index in [0.29, 0.717) is 11.3 Å². The van der Waals surface area contributed by atoms with Crippen LogP contribution in [0.1, 0.15) is 45.2 Å². The molecule has 0 saturated heterocycles. The summed E-state index contributed by atoms with van der Waals surface area (Å²) in [6, 6.07) is 15.4. The number of thiazole rings is 1. The van der Waals surface area contributed by atoms with Crippen LogP contribution in [-0.2, 0) is 7.05 Å². The molecule has 0 spiro atoms. The molecule has 6 rings (SSSR count). The van der Waals surface area contributed by atoms with Crippen LogP contribution in [0.5, 0.6) is 0 Å². The monoisotopic (exact) mass is 505 g/mol. The van der Waals surface area contributed by atoms with E-state index >= 15 is 0 Å². The minimum Gasteiger partial charge on any atom is -0.344 e. The molecule has 1 aromatic carbocycles. The fraction of sp³-hybridized carbons (Fsp3) is 0.143. The summed E-state index contributed by atoms with van der Waals surface area (Å²) in [5.41, 5.74) is 5.64. The number of aromatic nitrogens is 6. The molecular formula is C28H23N7OS. The number of pyridine rings is 1. The maximum absolute atomic E-state index is 13.4. The third kappa shape index (κ3) is 4.17. The van der Waals surface area contributed by atoms with Crippen LogP contribution in [0.25, 0.3) is 21.7 Å². The first-order valence-corrected chi connectivity index (χ1v) is 12.6. The average molecular weight is 506 g/mol. The van der Waals surface area contributed by atoms with E-state index in [9.17, 15) is 4.79 Å². The van der Waals surface area contributed by atoms with Gasteiger partial charge < -0.3 is 5.32 Å². The fourth-order valence-corrected chi connectivity index (χ4v) is 5.30. The van der Waals surface area contributed by atoms with Gasteiger partial charge in [-0.15, -0.1) is 0 Å². The van der Waals surface area contributed by atoms with Crippen molar-refractivity contribution >= 4 is 27.7 Å². The van der Waals surface area contributed by atoms with Crippen molar-refractivity contribution in [2.24, 2.45) is 7.05 Å². The fourth-order valence-electron chi connectivity index (χ4n) is 4.46. The highest BCUT2D eigenvalue weighted by Gasteiger charge is 2.24. The smallest absolute Gasteiger partial charge is 0.255 e. The van der Waals surface area contributed by atoms with Gasteiger partial charge in [0.05, 0.1) is 50.8 Å². The predicted octanol–water partition coefficient (Wildman–Crippen LogP) is 4.64. The number of imidazole rings is 1. The minimum atomic E-state index is -0.335. The van der Waals surface area contributed by atoms with E-state index in [1.54, 1.807) is 15.4 Å². The number of fused-ring (bicyclic) bond motifs is 2. The van der Waals surface area contributed by atoms with E-state index in [2.05, 4.69) is 43.9 Å². The zero-order valence-corrected chi connectivity index (χ0v) is 21.3. The number of amides is 1. The average Bonchev–Trinajstić information content (AvgIpc) is 3.64. The van der Waals surface area contributed by atoms with Crippen molar-refractivity contribution in [2.45, 2.75) is 19.9 Å². The van der Waals surface area contributed by atoms with Gasteiger partial charge in [0, 0.05) is 31.2 Å². The highest BCUT2D eigenvalue weighted by molar-refractivity contribution is 7.17. The van der Waals surface area contributed by atoms with Gasteiger partial charge in [-0.3, -0.25) is 13.9 Å². The van der Waals surface area contributed by atoms with Gasteiger partial charge in [-0.2, -0.15) is 10.2 Å². The van der Waals surface area contributed by atoms with Crippen molar-refractivity contribution in [3.63, 3.8) is 0 Å². The highest BCUT2D eigenvalue weighted by Crippen LogP contribution is 2.32. The van der Waals surface area contributed by atoms with Crippen LogP contribution in [0.3, 0.4) is 0 Å². The number of aryl methyl sites for hydroxylation is 2. The molecule has 0 fully saturated rings. The lowest BCUT2D eigenvalue weighted by Crippen LogP contribution is -2.27. The summed E-state index contributed by atoms with van der Waals surface area (Å²) in [5, 5.41) is 11.8. The van der Waals surface area contributed by atoms with E-state index < -0.39 is 0 Å². The summed E-state index contributed by atoms with van der Waals surface area (Å²) in [4.78, 5) is 20.0. The third-order valence-electron chi connectivity index (χ3n) is 6.14. The van der Waals surface area contributed by atoms with Gasteiger partial charge in [0.2, 0.25) is 0 Å². The van der Waals surface area contributed by atoms with Gasteiger partial charge in [0.1, 0.15) is 0 Å². The Labute approximate surface area is 217 Å². The topological polar surface area (TPSA) is 81.5 Å². The molecule has 5 aromatic heterocycles. The zero-order chi connectivity index (χ0) is 25.5. The number of hydrogen-bond acceptors (Lipinski definition) is 5. The number of benzene rings is 1. The van der Waals surface area contributed by atoms with E-state index in [-0.39, 0.29) is 11.9 Å². The third-order valence-corrected chi connectivity index (χ3v) is 7.03.